The van der Waals surface area contributed by atoms with Crippen LogP contribution in [0.5, 0.6) is 0 Å². The molecule has 1 aliphatic rings. The van der Waals surface area contributed by atoms with E-state index in [9.17, 15) is 8.42 Å². The van der Waals surface area contributed by atoms with Crippen LogP contribution in [0.25, 0.3) is 0 Å². The fourth-order valence-corrected chi connectivity index (χ4v) is 3.72. The van der Waals surface area contributed by atoms with Crippen molar-refractivity contribution in [1.82, 2.24) is 9.62 Å². The summed E-state index contributed by atoms with van der Waals surface area (Å²) in [5.74, 6) is 0. The Bertz CT molecular complexity index is 573. The summed E-state index contributed by atoms with van der Waals surface area (Å²) in [5.41, 5.74) is 5.99. The fraction of sp³-hybridized carbons (Fsp3) is 0.538. The Morgan fingerprint density at radius 2 is 2.15 bits per heavy atom. The molecule has 0 saturated heterocycles. The molecule has 0 atom stereocenters. The lowest BCUT2D eigenvalue weighted by atomic mass is 10.3. The maximum absolute atomic E-state index is 12.2. The molecule has 1 aliphatic carbocycles. The molecule has 3 N–H and O–H groups in total. The van der Waals surface area contributed by atoms with E-state index in [1.165, 1.54) is 25.0 Å². The number of halogens is 1. The van der Waals surface area contributed by atoms with E-state index in [-0.39, 0.29) is 9.92 Å². The molecule has 1 saturated carbocycles. The molecule has 112 valence electrons. The molecule has 2 rings (SSSR count). The minimum atomic E-state index is -3.61. The first-order chi connectivity index (χ1) is 9.44. The second-order valence-corrected chi connectivity index (χ2v) is 7.09. The van der Waals surface area contributed by atoms with E-state index in [2.05, 4.69) is 16.5 Å². The maximum Gasteiger partial charge on any atom is 0.242 e. The lowest BCUT2D eigenvalue weighted by Gasteiger charge is -2.19. The van der Waals surface area contributed by atoms with Crippen LogP contribution < -0.4 is 10.5 Å². The zero-order chi connectivity index (χ0) is 14.8. The molecule has 0 aliphatic heterocycles. The maximum atomic E-state index is 12.2. The first kappa shape index (κ1) is 15.6. The van der Waals surface area contributed by atoms with Crippen molar-refractivity contribution in [2.75, 3.05) is 25.4 Å². The van der Waals surface area contributed by atoms with Gasteiger partial charge >= 0.3 is 0 Å². The van der Waals surface area contributed by atoms with Gasteiger partial charge in [0.25, 0.3) is 0 Å². The van der Waals surface area contributed by atoms with Crippen LogP contribution in [0.3, 0.4) is 0 Å². The van der Waals surface area contributed by atoms with Crippen LogP contribution in [0.15, 0.2) is 23.1 Å². The number of nitrogen functional groups attached to an aromatic ring is 1. The van der Waals surface area contributed by atoms with Gasteiger partial charge in [0, 0.05) is 24.8 Å². The number of hydrogen-bond acceptors (Lipinski definition) is 4. The molecule has 1 aromatic carbocycles. The fourth-order valence-electron chi connectivity index (χ4n) is 2.17. The third kappa shape index (κ3) is 3.85. The Balaban J connectivity index is 1.98. The molecule has 7 heteroatoms. The van der Waals surface area contributed by atoms with E-state index in [1.54, 1.807) is 6.07 Å². The minimum absolute atomic E-state index is 0.0358. The summed E-state index contributed by atoms with van der Waals surface area (Å²) in [4.78, 5) is 2.32. The molecule has 0 amide bonds. The third-order valence-corrected chi connectivity index (χ3v) is 5.35. The monoisotopic (exact) mass is 317 g/mol. The van der Waals surface area contributed by atoms with E-state index < -0.39 is 10.0 Å². The summed E-state index contributed by atoms with van der Waals surface area (Å²) < 4.78 is 27.0. The highest BCUT2D eigenvalue weighted by Gasteiger charge is 2.27. The smallest absolute Gasteiger partial charge is 0.242 e. The molecular weight excluding hydrogens is 298 g/mol. The lowest BCUT2D eigenvalue weighted by molar-refractivity contribution is 0.282. The van der Waals surface area contributed by atoms with Crippen LogP contribution in [0.4, 0.5) is 5.69 Å². The second kappa shape index (κ2) is 6.30. The van der Waals surface area contributed by atoms with E-state index in [0.717, 1.165) is 6.54 Å². The SMILES string of the molecule is CCN(CCNS(=O)(=O)c1cc(N)ccc1Cl)C1CC1. The number of anilines is 1. The Kier molecular flexibility index (Phi) is 4.90. The van der Waals surface area contributed by atoms with Gasteiger partial charge in [-0.3, -0.25) is 4.90 Å². The Labute approximate surface area is 125 Å². The number of nitrogens with zero attached hydrogens (tertiary/aromatic N) is 1. The van der Waals surface area contributed by atoms with Crippen molar-refractivity contribution in [3.8, 4) is 0 Å². The molecule has 0 bridgehead atoms. The van der Waals surface area contributed by atoms with Gasteiger partial charge in [-0.1, -0.05) is 18.5 Å². The average molecular weight is 318 g/mol. The lowest BCUT2D eigenvalue weighted by Crippen LogP contribution is -2.36. The molecule has 0 spiro atoms. The zero-order valence-electron chi connectivity index (χ0n) is 11.5. The predicted octanol–water partition coefficient (Wildman–Crippen LogP) is 1.68. The molecule has 0 heterocycles. The van der Waals surface area contributed by atoms with Crippen LogP contribution in [-0.4, -0.2) is 39.0 Å². The first-order valence-corrected chi connectivity index (χ1v) is 8.59. The van der Waals surface area contributed by atoms with Crippen molar-refractivity contribution < 1.29 is 8.42 Å². The van der Waals surface area contributed by atoms with Crippen LogP contribution >= 0.6 is 11.6 Å². The summed E-state index contributed by atoms with van der Waals surface area (Å²) in [6.07, 6.45) is 2.42. The zero-order valence-corrected chi connectivity index (χ0v) is 13.0. The van der Waals surface area contributed by atoms with Gasteiger partial charge in [-0.2, -0.15) is 0 Å². The first-order valence-electron chi connectivity index (χ1n) is 6.73. The second-order valence-electron chi connectivity index (χ2n) is 4.95. The van der Waals surface area contributed by atoms with Gasteiger partial charge in [0.05, 0.1) is 5.02 Å². The Morgan fingerprint density at radius 3 is 2.75 bits per heavy atom. The van der Waals surface area contributed by atoms with E-state index in [0.29, 0.717) is 24.8 Å². The van der Waals surface area contributed by atoms with Crippen molar-refractivity contribution in [3.05, 3.63) is 23.2 Å². The van der Waals surface area contributed by atoms with Gasteiger partial charge in [-0.15, -0.1) is 0 Å². The number of likely N-dealkylation sites (N-methyl/N-ethyl adjacent to an activating group) is 1. The molecule has 1 aromatic rings. The van der Waals surface area contributed by atoms with Gasteiger partial charge in [-0.05, 0) is 37.6 Å². The minimum Gasteiger partial charge on any atom is -0.399 e. The molecule has 20 heavy (non-hydrogen) atoms. The van der Waals surface area contributed by atoms with Gasteiger partial charge < -0.3 is 5.73 Å². The Hall–Kier alpha value is -0.820. The molecular formula is C13H20ClN3O2S. The quantitative estimate of drug-likeness (QED) is 0.750. The summed E-state index contributed by atoms with van der Waals surface area (Å²) in [7, 11) is -3.61. The summed E-state index contributed by atoms with van der Waals surface area (Å²) in [6, 6.07) is 5.07. The molecule has 0 aromatic heterocycles. The van der Waals surface area contributed by atoms with Crippen LogP contribution in [0.1, 0.15) is 19.8 Å². The molecule has 0 radical (unpaired) electrons. The van der Waals surface area contributed by atoms with Crippen molar-refractivity contribution in [3.63, 3.8) is 0 Å². The number of hydrogen-bond donors (Lipinski definition) is 2. The summed E-state index contributed by atoms with van der Waals surface area (Å²) >= 11 is 5.92. The van der Waals surface area contributed by atoms with Gasteiger partial charge in [0.1, 0.15) is 4.90 Å². The van der Waals surface area contributed by atoms with Crippen LogP contribution in [0, 0.1) is 0 Å². The van der Waals surface area contributed by atoms with Gasteiger partial charge in [-0.25, -0.2) is 13.1 Å². The highest BCUT2D eigenvalue weighted by molar-refractivity contribution is 7.89. The van der Waals surface area contributed by atoms with Gasteiger partial charge in [0.2, 0.25) is 10.0 Å². The van der Waals surface area contributed by atoms with E-state index in [4.69, 9.17) is 17.3 Å². The third-order valence-electron chi connectivity index (χ3n) is 3.41. The average Bonchev–Trinajstić information content (AvgIpc) is 3.22. The number of rotatable bonds is 7. The van der Waals surface area contributed by atoms with E-state index in [1.807, 2.05) is 0 Å². The van der Waals surface area contributed by atoms with Gasteiger partial charge in [0.15, 0.2) is 0 Å². The topological polar surface area (TPSA) is 75.4 Å². The number of nitrogens with one attached hydrogen (secondary N) is 1. The van der Waals surface area contributed by atoms with Crippen molar-refractivity contribution in [2.24, 2.45) is 0 Å². The van der Waals surface area contributed by atoms with E-state index >= 15 is 0 Å². The van der Waals surface area contributed by atoms with Crippen molar-refractivity contribution >= 4 is 27.3 Å². The summed E-state index contributed by atoms with van der Waals surface area (Å²) in [5, 5.41) is 0.182. The molecule has 5 nitrogen and oxygen atoms in total. The largest absolute Gasteiger partial charge is 0.399 e. The van der Waals surface area contributed by atoms with Crippen molar-refractivity contribution in [2.45, 2.75) is 30.7 Å². The molecule has 0 unspecified atom stereocenters. The van der Waals surface area contributed by atoms with Crippen LogP contribution in [0.2, 0.25) is 5.02 Å². The number of benzene rings is 1. The normalized spacial score (nSPS) is 15.8. The highest BCUT2D eigenvalue weighted by Crippen LogP contribution is 2.26. The highest BCUT2D eigenvalue weighted by atomic mass is 35.5. The standard InChI is InChI=1S/C13H20ClN3O2S/c1-2-17(11-4-5-11)8-7-16-20(18,19)13-9-10(15)3-6-12(13)14/h3,6,9,11,16H,2,4-5,7-8,15H2,1H3. The van der Waals surface area contributed by atoms with Crippen LogP contribution in [-0.2, 0) is 10.0 Å². The number of nitrogens with two attached hydrogens (primary N) is 1. The number of sulfonamides is 1. The molecule has 1 fully saturated rings. The predicted molar refractivity (Wildman–Crippen MR) is 81.3 cm³/mol. The summed E-state index contributed by atoms with van der Waals surface area (Å²) in [6.45, 7) is 4.10. The Morgan fingerprint density at radius 1 is 1.45 bits per heavy atom. The van der Waals surface area contributed by atoms with Crippen molar-refractivity contribution in [1.29, 1.82) is 0 Å².